The van der Waals surface area contributed by atoms with Crippen LogP contribution < -0.4 is 11.1 Å². The minimum absolute atomic E-state index is 0.318. The van der Waals surface area contributed by atoms with E-state index in [0.717, 1.165) is 5.56 Å². The third kappa shape index (κ3) is 3.28. The van der Waals surface area contributed by atoms with Crippen LogP contribution in [-0.2, 0) is 18.3 Å². The van der Waals surface area contributed by atoms with Gasteiger partial charge in [0.1, 0.15) is 5.82 Å². The quantitative estimate of drug-likeness (QED) is 0.787. The van der Waals surface area contributed by atoms with E-state index in [1.807, 2.05) is 0 Å². The summed E-state index contributed by atoms with van der Waals surface area (Å²) >= 11 is 0. The second-order valence-corrected chi connectivity index (χ2v) is 4.45. The molecule has 2 heterocycles. The number of nitrogens with one attached hydrogen (secondary N) is 1. The van der Waals surface area contributed by atoms with Crippen LogP contribution >= 0.6 is 0 Å². The van der Waals surface area contributed by atoms with E-state index in [1.165, 1.54) is 6.20 Å². The highest BCUT2D eigenvalue weighted by molar-refractivity contribution is 5.90. The van der Waals surface area contributed by atoms with Crippen LogP contribution in [0.3, 0.4) is 0 Å². The molecule has 3 N–H and O–H groups in total. The third-order valence-corrected chi connectivity index (χ3v) is 2.98. The topological polar surface area (TPSA) is 108 Å². The molecule has 0 saturated heterocycles. The monoisotopic (exact) mass is 290 g/mol. The van der Waals surface area contributed by atoms with Crippen molar-refractivity contribution < 1.29 is 9.53 Å². The van der Waals surface area contributed by atoms with Crippen molar-refractivity contribution in [2.75, 3.05) is 17.7 Å². The van der Waals surface area contributed by atoms with Gasteiger partial charge in [0, 0.05) is 25.4 Å². The zero-order chi connectivity index (χ0) is 15.4. The van der Waals surface area contributed by atoms with Gasteiger partial charge in [-0.3, -0.25) is 4.68 Å². The van der Waals surface area contributed by atoms with Crippen LogP contribution in [0, 0.1) is 6.92 Å². The lowest BCUT2D eigenvalue weighted by Gasteiger charge is -2.08. The van der Waals surface area contributed by atoms with Gasteiger partial charge in [-0.25, -0.2) is 14.8 Å². The Morgan fingerprint density at radius 2 is 2.24 bits per heavy atom. The van der Waals surface area contributed by atoms with E-state index in [1.54, 1.807) is 31.8 Å². The minimum Gasteiger partial charge on any atom is -0.462 e. The summed E-state index contributed by atoms with van der Waals surface area (Å²) < 4.78 is 6.52. The fourth-order valence-corrected chi connectivity index (χ4v) is 1.76. The summed E-state index contributed by atoms with van der Waals surface area (Å²) in [6, 6.07) is 0. The first-order chi connectivity index (χ1) is 10.0. The van der Waals surface area contributed by atoms with Crippen molar-refractivity contribution in [1.29, 1.82) is 0 Å². The van der Waals surface area contributed by atoms with Gasteiger partial charge >= 0.3 is 5.97 Å². The summed E-state index contributed by atoms with van der Waals surface area (Å²) in [5, 5.41) is 7.10. The van der Waals surface area contributed by atoms with E-state index in [-0.39, 0.29) is 0 Å². The Labute approximate surface area is 122 Å². The van der Waals surface area contributed by atoms with Crippen LogP contribution in [0.2, 0.25) is 0 Å². The smallest absolute Gasteiger partial charge is 0.341 e. The van der Waals surface area contributed by atoms with Crippen LogP contribution in [-0.4, -0.2) is 32.3 Å². The van der Waals surface area contributed by atoms with E-state index in [2.05, 4.69) is 20.4 Å². The molecule has 0 radical (unpaired) electrons. The molecular formula is C13H18N6O2. The van der Waals surface area contributed by atoms with Crippen molar-refractivity contribution in [3.8, 4) is 0 Å². The standard InChI is InChI=1S/C13H18N6O2/c1-4-21-12(20)10-7-16-13(18-8(10)2)15-5-9-6-17-19(3)11(9)14/h6-7H,4-5,14H2,1-3H3,(H,15,16,18). The molecule has 8 nitrogen and oxygen atoms in total. The summed E-state index contributed by atoms with van der Waals surface area (Å²) in [4.78, 5) is 20.0. The number of aryl methyl sites for hydroxylation is 2. The predicted octanol–water partition coefficient (Wildman–Crippen LogP) is 0.890. The van der Waals surface area contributed by atoms with Crippen LogP contribution in [0.25, 0.3) is 0 Å². The van der Waals surface area contributed by atoms with Gasteiger partial charge in [-0.15, -0.1) is 0 Å². The number of nitrogens with zero attached hydrogens (tertiary/aromatic N) is 4. The molecule has 0 aliphatic heterocycles. The summed E-state index contributed by atoms with van der Waals surface area (Å²) in [6.45, 7) is 4.26. The van der Waals surface area contributed by atoms with Gasteiger partial charge in [-0.2, -0.15) is 5.10 Å². The van der Waals surface area contributed by atoms with E-state index < -0.39 is 5.97 Å². The van der Waals surface area contributed by atoms with Gasteiger partial charge in [0.05, 0.1) is 24.1 Å². The Morgan fingerprint density at radius 1 is 1.48 bits per heavy atom. The molecule has 2 aromatic rings. The highest BCUT2D eigenvalue weighted by Gasteiger charge is 2.13. The molecule has 0 aliphatic carbocycles. The number of carbonyl (C=O) groups excluding carboxylic acids is 1. The number of hydrogen-bond acceptors (Lipinski definition) is 7. The van der Waals surface area contributed by atoms with Crippen LogP contribution in [0.1, 0.15) is 28.5 Å². The number of esters is 1. The maximum absolute atomic E-state index is 11.7. The molecule has 0 bridgehead atoms. The maximum Gasteiger partial charge on any atom is 0.341 e. The molecular weight excluding hydrogens is 272 g/mol. The zero-order valence-corrected chi connectivity index (χ0v) is 12.3. The number of anilines is 2. The Kier molecular flexibility index (Phi) is 4.36. The predicted molar refractivity (Wildman–Crippen MR) is 77.7 cm³/mol. The molecule has 0 atom stereocenters. The zero-order valence-electron chi connectivity index (χ0n) is 12.3. The highest BCUT2D eigenvalue weighted by atomic mass is 16.5. The number of aromatic nitrogens is 4. The van der Waals surface area contributed by atoms with Crippen molar-refractivity contribution in [2.24, 2.45) is 7.05 Å². The van der Waals surface area contributed by atoms with Gasteiger partial charge in [0.15, 0.2) is 0 Å². The molecule has 0 aromatic carbocycles. The number of nitrogens with two attached hydrogens (primary N) is 1. The van der Waals surface area contributed by atoms with Gasteiger partial charge in [0.25, 0.3) is 0 Å². The average Bonchev–Trinajstić information content (AvgIpc) is 2.77. The first-order valence-electron chi connectivity index (χ1n) is 6.54. The Balaban J connectivity index is 2.07. The van der Waals surface area contributed by atoms with Crippen molar-refractivity contribution in [2.45, 2.75) is 20.4 Å². The molecule has 8 heteroatoms. The fraction of sp³-hybridized carbons (Fsp3) is 0.385. The minimum atomic E-state index is -0.418. The Bertz CT molecular complexity index is 652. The van der Waals surface area contributed by atoms with Gasteiger partial charge in [-0.05, 0) is 13.8 Å². The first-order valence-corrected chi connectivity index (χ1v) is 6.54. The summed E-state index contributed by atoms with van der Waals surface area (Å²) in [6.07, 6.45) is 3.14. The number of carbonyl (C=O) groups is 1. The van der Waals surface area contributed by atoms with E-state index in [9.17, 15) is 4.79 Å². The van der Waals surface area contributed by atoms with Crippen molar-refractivity contribution in [3.63, 3.8) is 0 Å². The molecule has 0 spiro atoms. The van der Waals surface area contributed by atoms with Crippen LogP contribution in [0.15, 0.2) is 12.4 Å². The summed E-state index contributed by atoms with van der Waals surface area (Å²) in [5.74, 6) is 0.587. The van der Waals surface area contributed by atoms with Crippen molar-refractivity contribution >= 4 is 17.7 Å². The third-order valence-electron chi connectivity index (χ3n) is 2.98. The molecule has 0 fully saturated rings. The van der Waals surface area contributed by atoms with Gasteiger partial charge < -0.3 is 15.8 Å². The average molecular weight is 290 g/mol. The fourth-order valence-electron chi connectivity index (χ4n) is 1.76. The Hall–Kier alpha value is -2.64. The largest absolute Gasteiger partial charge is 0.462 e. The lowest BCUT2D eigenvalue weighted by atomic mass is 10.2. The summed E-state index contributed by atoms with van der Waals surface area (Å²) in [7, 11) is 1.77. The van der Waals surface area contributed by atoms with Crippen molar-refractivity contribution in [3.05, 3.63) is 29.2 Å². The van der Waals surface area contributed by atoms with E-state index in [4.69, 9.17) is 10.5 Å². The van der Waals surface area contributed by atoms with Crippen LogP contribution in [0.5, 0.6) is 0 Å². The number of ether oxygens (including phenoxy) is 1. The molecule has 0 unspecified atom stereocenters. The van der Waals surface area contributed by atoms with E-state index in [0.29, 0.717) is 36.2 Å². The first kappa shape index (κ1) is 14.8. The Morgan fingerprint density at radius 3 is 2.81 bits per heavy atom. The lowest BCUT2D eigenvalue weighted by molar-refractivity contribution is 0.0524. The SMILES string of the molecule is CCOC(=O)c1cnc(NCc2cnn(C)c2N)nc1C. The normalized spacial score (nSPS) is 10.4. The van der Waals surface area contributed by atoms with Crippen molar-refractivity contribution in [1.82, 2.24) is 19.7 Å². The maximum atomic E-state index is 11.7. The number of nitrogen functional groups attached to an aromatic ring is 1. The molecule has 2 aromatic heterocycles. The second-order valence-electron chi connectivity index (χ2n) is 4.45. The van der Waals surface area contributed by atoms with E-state index >= 15 is 0 Å². The highest BCUT2D eigenvalue weighted by Crippen LogP contribution is 2.12. The van der Waals surface area contributed by atoms with Gasteiger partial charge in [0.2, 0.25) is 5.95 Å². The molecule has 0 aliphatic rings. The molecule has 2 rings (SSSR count). The molecule has 0 amide bonds. The molecule has 0 saturated carbocycles. The van der Waals surface area contributed by atoms with Crippen LogP contribution in [0.4, 0.5) is 11.8 Å². The second kappa shape index (κ2) is 6.21. The lowest BCUT2D eigenvalue weighted by Crippen LogP contribution is -2.11. The number of rotatable bonds is 5. The number of hydrogen-bond donors (Lipinski definition) is 2. The van der Waals surface area contributed by atoms with Gasteiger partial charge in [-0.1, -0.05) is 0 Å². The molecule has 112 valence electrons. The summed E-state index contributed by atoms with van der Waals surface area (Å²) in [5.41, 5.74) is 7.63. The molecule has 21 heavy (non-hydrogen) atoms.